The van der Waals surface area contributed by atoms with E-state index in [4.69, 9.17) is 25.5 Å². The number of methoxy groups -OCH3 is 1. The van der Waals surface area contributed by atoms with Crippen molar-refractivity contribution in [1.29, 1.82) is 0 Å². The molecule has 0 fully saturated rings. The molecular weight excluding hydrogens is 467 g/mol. The number of nitrogens with zero attached hydrogens (tertiary/aromatic N) is 3. The molecule has 0 saturated heterocycles. The van der Waals surface area contributed by atoms with Gasteiger partial charge in [-0.1, -0.05) is 43.2 Å². The molecule has 0 saturated carbocycles. The molecule has 9 nitrogen and oxygen atoms in total. The standard InChI is InChI=1S/C26H35FN4O5/c1-17(2)22(26(28)33)14-24(32)23(30-31-29)16-35-15-18-5-10-21(19-6-8-20(27)9-7-19)25(13-18)36-12-4-11-34-3/h5-10,13,17,22-24,32H,4,11-12,14-16H2,1-3H3,(H2,28,33)/t22-,23-,24-/m0/s1. The summed E-state index contributed by atoms with van der Waals surface area (Å²) in [6.45, 7) is 4.81. The summed E-state index contributed by atoms with van der Waals surface area (Å²) < 4.78 is 30.2. The van der Waals surface area contributed by atoms with Crippen LogP contribution in [0.15, 0.2) is 47.6 Å². The number of ether oxygens (including phenoxy) is 3. The molecule has 0 spiro atoms. The average Bonchev–Trinajstić information content (AvgIpc) is 2.85. The van der Waals surface area contributed by atoms with Crippen molar-refractivity contribution in [2.24, 2.45) is 22.7 Å². The van der Waals surface area contributed by atoms with Gasteiger partial charge in [0, 0.05) is 36.5 Å². The molecule has 3 atom stereocenters. The van der Waals surface area contributed by atoms with E-state index in [-0.39, 0.29) is 31.4 Å². The lowest BCUT2D eigenvalue weighted by atomic mass is 9.88. The smallest absolute Gasteiger partial charge is 0.220 e. The van der Waals surface area contributed by atoms with Crippen LogP contribution in [0.25, 0.3) is 21.6 Å². The highest BCUT2D eigenvalue weighted by molar-refractivity contribution is 5.76. The molecule has 2 aromatic carbocycles. The predicted octanol–water partition coefficient (Wildman–Crippen LogP) is 4.61. The van der Waals surface area contributed by atoms with Crippen molar-refractivity contribution < 1.29 is 28.5 Å². The van der Waals surface area contributed by atoms with E-state index >= 15 is 0 Å². The maximum absolute atomic E-state index is 13.4. The average molecular weight is 503 g/mol. The molecule has 0 aliphatic rings. The number of azide groups is 1. The first-order valence-corrected chi connectivity index (χ1v) is 11.9. The summed E-state index contributed by atoms with van der Waals surface area (Å²) in [6, 6.07) is 10.9. The van der Waals surface area contributed by atoms with Crippen LogP contribution in [0.1, 0.15) is 32.3 Å². The molecule has 0 aliphatic heterocycles. The Morgan fingerprint density at radius 1 is 1.19 bits per heavy atom. The van der Waals surface area contributed by atoms with Gasteiger partial charge in [-0.05, 0) is 47.2 Å². The Kier molecular flexibility index (Phi) is 12.2. The molecule has 10 heteroatoms. The first kappa shape index (κ1) is 29.1. The predicted molar refractivity (Wildman–Crippen MR) is 135 cm³/mol. The second kappa shape index (κ2) is 15.1. The Hall–Kier alpha value is -3.17. The van der Waals surface area contributed by atoms with Crippen LogP contribution in [0.2, 0.25) is 0 Å². The molecule has 0 aromatic heterocycles. The van der Waals surface area contributed by atoms with Gasteiger partial charge in [-0.3, -0.25) is 4.79 Å². The van der Waals surface area contributed by atoms with E-state index in [2.05, 4.69) is 10.0 Å². The normalized spacial score (nSPS) is 13.6. The monoisotopic (exact) mass is 502 g/mol. The summed E-state index contributed by atoms with van der Waals surface area (Å²) in [5, 5.41) is 14.2. The lowest BCUT2D eigenvalue weighted by Gasteiger charge is -2.24. The first-order chi connectivity index (χ1) is 17.3. The van der Waals surface area contributed by atoms with Crippen molar-refractivity contribution in [3.63, 3.8) is 0 Å². The number of rotatable bonds is 16. The van der Waals surface area contributed by atoms with Crippen molar-refractivity contribution in [2.75, 3.05) is 26.9 Å². The van der Waals surface area contributed by atoms with Crippen LogP contribution in [0.5, 0.6) is 5.75 Å². The number of benzene rings is 2. The van der Waals surface area contributed by atoms with Gasteiger partial charge in [-0.25, -0.2) is 4.39 Å². The zero-order valence-electron chi connectivity index (χ0n) is 21.0. The summed E-state index contributed by atoms with van der Waals surface area (Å²) >= 11 is 0. The number of hydrogen-bond donors (Lipinski definition) is 2. The van der Waals surface area contributed by atoms with E-state index < -0.39 is 24.0 Å². The Labute approximate surface area is 211 Å². The lowest BCUT2D eigenvalue weighted by molar-refractivity contribution is -0.124. The second-order valence-electron chi connectivity index (χ2n) is 8.88. The largest absolute Gasteiger partial charge is 0.493 e. The number of carbonyl (C=O) groups excluding carboxylic acids is 1. The molecule has 1 amide bonds. The van der Waals surface area contributed by atoms with Gasteiger partial charge in [0.25, 0.3) is 0 Å². The number of aliphatic hydroxyl groups excluding tert-OH is 1. The van der Waals surface area contributed by atoms with Gasteiger partial charge in [0.2, 0.25) is 5.91 Å². The van der Waals surface area contributed by atoms with Gasteiger partial charge in [-0.15, -0.1) is 0 Å². The minimum absolute atomic E-state index is 0.0431. The van der Waals surface area contributed by atoms with Crippen molar-refractivity contribution in [2.45, 2.75) is 45.4 Å². The Morgan fingerprint density at radius 3 is 2.53 bits per heavy atom. The van der Waals surface area contributed by atoms with Crippen LogP contribution >= 0.6 is 0 Å². The van der Waals surface area contributed by atoms with Crippen LogP contribution in [-0.4, -0.2) is 50.1 Å². The highest BCUT2D eigenvalue weighted by Crippen LogP contribution is 2.32. The molecule has 2 aromatic rings. The van der Waals surface area contributed by atoms with Crippen LogP contribution < -0.4 is 10.5 Å². The third-order valence-electron chi connectivity index (χ3n) is 5.82. The minimum atomic E-state index is -1.08. The molecule has 0 heterocycles. The van der Waals surface area contributed by atoms with E-state index in [1.807, 2.05) is 32.0 Å². The van der Waals surface area contributed by atoms with Gasteiger partial charge in [0.1, 0.15) is 11.6 Å². The zero-order valence-corrected chi connectivity index (χ0v) is 21.0. The zero-order chi connectivity index (χ0) is 26.5. The maximum atomic E-state index is 13.4. The number of carbonyl (C=O) groups is 1. The summed E-state index contributed by atoms with van der Waals surface area (Å²) in [5.74, 6) is -0.825. The number of nitrogens with two attached hydrogens (primary N) is 1. The van der Waals surface area contributed by atoms with E-state index in [0.717, 1.165) is 16.7 Å². The molecule has 0 unspecified atom stereocenters. The third-order valence-corrected chi connectivity index (χ3v) is 5.82. The van der Waals surface area contributed by atoms with Crippen LogP contribution in [0.4, 0.5) is 4.39 Å². The number of hydrogen-bond acceptors (Lipinski definition) is 6. The fraction of sp³-hybridized carbons (Fsp3) is 0.500. The maximum Gasteiger partial charge on any atom is 0.220 e. The number of halogens is 1. The Bertz CT molecular complexity index is 1010. The second-order valence-corrected chi connectivity index (χ2v) is 8.88. The molecule has 0 radical (unpaired) electrons. The molecule has 0 bridgehead atoms. The SMILES string of the molecule is COCCCOc1cc(COC[C@H](N=[N+]=[N-])[C@@H](O)C[C@H](C(N)=O)C(C)C)ccc1-c1ccc(F)cc1. The summed E-state index contributed by atoms with van der Waals surface area (Å²) in [4.78, 5) is 14.5. The fourth-order valence-electron chi connectivity index (χ4n) is 3.75. The third kappa shape index (κ3) is 9.13. The van der Waals surface area contributed by atoms with E-state index in [9.17, 15) is 14.3 Å². The Balaban J connectivity index is 2.10. The van der Waals surface area contributed by atoms with E-state index in [0.29, 0.717) is 25.4 Å². The molecular formula is C26H35FN4O5. The first-order valence-electron chi connectivity index (χ1n) is 11.9. The molecule has 3 N–H and O–H groups in total. The summed E-state index contributed by atoms with van der Waals surface area (Å²) in [5.41, 5.74) is 16.8. The van der Waals surface area contributed by atoms with E-state index in [1.165, 1.54) is 12.1 Å². The van der Waals surface area contributed by atoms with Crippen molar-refractivity contribution in [3.8, 4) is 16.9 Å². The highest BCUT2D eigenvalue weighted by Gasteiger charge is 2.27. The number of amides is 1. The lowest BCUT2D eigenvalue weighted by Crippen LogP contribution is -2.36. The van der Waals surface area contributed by atoms with Crippen LogP contribution in [0.3, 0.4) is 0 Å². The molecule has 2 rings (SSSR count). The molecule has 0 aliphatic carbocycles. The topological polar surface area (TPSA) is 140 Å². The van der Waals surface area contributed by atoms with Gasteiger partial charge < -0.3 is 25.1 Å². The van der Waals surface area contributed by atoms with Gasteiger partial charge >= 0.3 is 0 Å². The number of aliphatic hydroxyl groups is 1. The van der Waals surface area contributed by atoms with Crippen molar-refractivity contribution in [1.82, 2.24) is 0 Å². The highest BCUT2D eigenvalue weighted by atomic mass is 19.1. The van der Waals surface area contributed by atoms with Gasteiger partial charge in [0.05, 0.1) is 32.0 Å². The van der Waals surface area contributed by atoms with Crippen LogP contribution in [0, 0.1) is 17.7 Å². The van der Waals surface area contributed by atoms with E-state index in [1.54, 1.807) is 19.2 Å². The summed E-state index contributed by atoms with van der Waals surface area (Å²) in [7, 11) is 1.62. The fourth-order valence-corrected chi connectivity index (χ4v) is 3.75. The van der Waals surface area contributed by atoms with Gasteiger partial charge in [0.15, 0.2) is 0 Å². The minimum Gasteiger partial charge on any atom is -0.493 e. The molecule has 196 valence electrons. The van der Waals surface area contributed by atoms with Crippen LogP contribution in [-0.2, 0) is 20.9 Å². The molecule has 36 heavy (non-hydrogen) atoms. The quantitative estimate of drug-likeness (QED) is 0.149. The number of primary amides is 1. The van der Waals surface area contributed by atoms with Crippen molar-refractivity contribution in [3.05, 3.63) is 64.3 Å². The summed E-state index contributed by atoms with van der Waals surface area (Å²) in [6.07, 6.45) is -0.304. The van der Waals surface area contributed by atoms with Gasteiger partial charge in [-0.2, -0.15) is 0 Å². The Morgan fingerprint density at radius 2 is 1.92 bits per heavy atom. The van der Waals surface area contributed by atoms with Crippen molar-refractivity contribution >= 4 is 5.91 Å².